The number of piperazine rings is 1. The summed E-state index contributed by atoms with van der Waals surface area (Å²) in [5.41, 5.74) is 0. The van der Waals surface area contributed by atoms with E-state index >= 15 is 0 Å². The normalized spacial score (nSPS) is 24.9. The van der Waals surface area contributed by atoms with Crippen molar-refractivity contribution in [3.63, 3.8) is 0 Å². The first kappa shape index (κ1) is 18.9. The van der Waals surface area contributed by atoms with Crippen molar-refractivity contribution in [1.29, 1.82) is 0 Å². The maximum atomic E-state index is 12.8. The smallest absolute Gasteiger partial charge is 0.234 e. The van der Waals surface area contributed by atoms with Crippen LogP contribution in [-0.2, 0) is 14.4 Å². The molecule has 144 valence electrons. The fourth-order valence-corrected chi connectivity index (χ4v) is 4.30. The summed E-state index contributed by atoms with van der Waals surface area (Å²) in [4.78, 5) is 42.8. The van der Waals surface area contributed by atoms with Gasteiger partial charge >= 0.3 is 0 Å². The van der Waals surface area contributed by atoms with E-state index in [0.29, 0.717) is 58.3 Å². The number of hydrogen-bond donors (Lipinski definition) is 1. The van der Waals surface area contributed by atoms with E-state index in [2.05, 4.69) is 16.8 Å². The number of likely N-dealkylation sites (tertiary alicyclic amines) is 1. The van der Waals surface area contributed by atoms with Crippen LogP contribution in [0.25, 0.3) is 0 Å². The molecule has 2 saturated heterocycles. The number of nitrogens with one attached hydrogen (secondary N) is 1. The molecule has 1 aliphatic carbocycles. The van der Waals surface area contributed by atoms with Crippen molar-refractivity contribution in [2.75, 3.05) is 45.8 Å². The summed E-state index contributed by atoms with van der Waals surface area (Å²) in [6, 6.07) is 0.353. The second kappa shape index (κ2) is 8.66. The third-order valence-electron chi connectivity index (χ3n) is 5.77. The van der Waals surface area contributed by atoms with Crippen LogP contribution in [0.1, 0.15) is 32.1 Å². The van der Waals surface area contributed by atoms with Crippen molar-refractivity contribution < 1.29 is 14.4 Å². The maximum Gasteiger partial charge on any atom is 0.234 e. The van der Waals surface area contributed by atoms with Gasteiger partial charge in [-0.2, -0.15) is 0 Å². The Morgan fingerprint density at radius 2 is 1.85 bits per heavy atom. The first-order chi connectivity index (χ1) is 12.6. The van der Waals surface area contributed by atoms with E-state index in [-0.39, 0.29) is 23.6 Å². The molecular weight excluding hydrogens is 332 g/mol. The van der Waals surface area contributed by atoms with Crippen LogP contribution < -0.4 is 5.32 Å². The lowest BCUT2D eigenvalue weighted by atomic mass is 10.1. The zero-order valence-electron chi connectivity index (χ0n) is 15.5. The predicted molar refractivity (Wildman–Crippen MR) is 98.3 cm³/mol. The van der Waals surface area contributed by atoms with Gasteiger partial charge in [-0.3, -0.25) is 19.3 Å². The number of carbonyl (C=O) groups is 3. The molecule has 0 radical (unpaired) electrons. The third kappa shape index (κ3) is 4.44. The van der Waals surface area contributed by atoms with Gasteiger partial charge in [0, 0.05) is 51.7 Å². The molecule has 3 amide bonds. The van der Waals surface area contributed by atoms with Crippen molar-refractivity contribution in [2.45, 2.75) is 38.1 Å². The molecule has 0 aromatic rings. The summed E-state index contributed by atoms with van der Waals surface area (Å²) in [5, 5.41) is 2.77. The molecule has 2 heterocycles. The highest BCUT2D eigenvalue weighted by molar-refractivity contribution is 5.89. The van der Waals surface area contributed by atoms with Crippen molar-refractivity contribution in [1.82, 2.24) is 20.0 Å². The molecule has 0 aromatic carbocycles. The van der Waals surface area contributed by atoms with Crippen LogP contribution in [0, 0.1) is 5.92 Å². The lowest BCUT2D eigenvalue weighted by Crippen LogP contribution is -2.52. The second-order valence-electron chi connectivity index (χ2n) is 7.58. The first-order valence-electron chi connectivity index (χ1n) is 9.76. The van der Waals surface area contributed by atoms with Gasteiger partial charge in [-0.1, -0.05) is 18.9 Å². The average molecular weight is 362 g/mol. The highest BCUT2D eigenvalue weighted by Crippen LogP contribution is 2.30. The van der Waals surface area contributed by atoms with Gasteiger partial charge < -0.3 is 15.1 Å². The highest BCUT2D eigenvalue weighted by Gasteiger charge is 2.40. The minimum Gasteiger partial charge on any atom is -0.352 e. The molecule has 7 nitrogen and oxygen atoms in total. The van der Waals surface area contributed by atoms with Gasteiger partial charge in [-0.25, -0.2) is 0 Å². The summed E-state index contributed by atoms with van der Waals surface area (Å²) >= 11 is 0. The highest BCUT2D eigenvalue weighted by atomic mass is 16.2. The van der Waals surface area contributed by atoms with Crippen molar-refractivity contribution in [3.05, 3.63) is 12.7 Å². The molecule has 26 heavy (non-hydrogen) atoms. The van der Waals surface area contributed by atoms with Gasteiger partial charge in [0.15, 0.2) is 0 Å². The topological polar surface area (TPSA) is 73.0 Å². The van der Waals surface area contributed by atoms with Gasteiger partial charge in [0.1, 0.15) is 0 Å². The van der Waals surface area contributed by atoms with Crippen molar-refractivity contribution in [3.8, 4) is 0 Å². The van der Waals surface area contributed by atoms with E-state index < -0.39 is 0 Å². The summed E-state index contributed by atoms with van der Waals surface area (Å²) in [6.07, 6.45) is 6.56. The molecule has 1 N–H and O–H groups in total. The largest absolute Gasteiger partial charge is 0.352 e. The van der Waals surface area contributed by atoms with Crippen LogP contribution in [0.5, 0.6) is 0 Å². The monoisotopic (exact) mass is 362 g/mol. The molecule has 0 spiro atoms. The van der Waals surface area contributed by atoms with Crippen molar-refractivity contribution >= 4 is 17.7 Å². The molecule has 3 fully saturated rings. The number of nitrogens with zero attached hydrogens (tertiary/aromatic N) is 3. The second-order valence-corrected chi connectivity index (χ2v) is 7.58. The minimum atomic E-state index is -0.189. The molecule has 1 atom stereocenters. The van der Waals surface area contributed by atoms with Gasteiger partial charge in [0.25, 0.3) is 0 Å². The van der Waals surface area contributed by atoms with E-state index in [1.807, 2.05) is 9.80 Å². The van der Waals surface area contributed by atoms with E-state index in [1.54, 1.807) is 6.08 Å². The average Bonchev–Trinajstić information content (AvgIpc) is 3.29. The zero-order valence-corrected chi connectivity index (χ0v) is 15.5. The van der Waals surface area contributed by atoms with E-state index in [0.717, 1.165) is 12.8 Å². The summed E-state index contributed by atoms with van der Waals surface area (Å²) < 4.78 is 0. The van der Waals surface area contributed by atoms with Crippen LogP contribution in [-0.4, -0.2) is 84.3 Å². The number of hydrogen-bond acceptors (Lipinski definition) is 4. The molecule has 1 saturated carbocycles. The van der Waals surface area contributed by atoms with Crippen LogP contribution in [0.2, 0.25) is 0 Å². The van der Waals surface area contributed by atoms with Crippen LogP contribution >= 0.6 is 0 Å². The Morgan fingerprint density at radius 1 is 1.15 bits per heavy atom. The Labute approximate surface area is 155 Å². The lowest BCUT2D eigenvalue weighted by Gasteiger charge is -2.35. The molecule has 3 rings (SSSR count). The third-order valence-corrected chi connectivity index (χ3v) is 5.77. The quantitative estimate of drug-likeness (QED) is 0.687. The molecule has 0 bridgehead atoms. The minimum absolute atomic E-state index is 0.0155. The standard InChI is InChI=1S/C19H30N4O3/c1-2-7-20-17(24)14-21-8-10-22(11-9-21)19(26)15-12-18(25)23(13-15)16-5-3-4-6-16/h2,15-16H,1,3-14H2,(H,20,24). The number of carbonyl (C=O) groups excluding carboxylic acids is 3. The van der Waals surface area contributed by atoms with E-state index in [4.69, 9.17) is 0 Å². The van der Waals surface area contributed by atoms with Crippen LogP contribution in [0.4, 0.5) is 0 Å². The molecule has 0 aromatic heterocycles. The first-order valence-corrected chi connectivity index (χ1v) is 9.76. The van der Waals surface area contributed by atoms with Gasteiger partial charge in [0.05, 0.1) is 12.5 Å². The van der Waals surface area contributed by atoms with E-state index in [9.17, 15) is 14.4 Å². The maximum absolute atomic E-state index is 12.8. The predicted octanol–water partition coefficient (Wildman–Crippen LogP) is 0.224. The SMILES string of the molecule is C=CCNC(=O)CN1CCN(C(=O)C2CC(=O)N(C3CCCC3)C2)CC1. The summed E-state index contributed by atoms with van der Waals surface area (Å²) in [5.74, 6) is 0.0474. The fraction of sp³-hybridized carbons (Fsp3) is 0.737. The Hall–Kier alpha value is -1.89. The Morgan fingerprint density at radius 3 is 2.50 bits per heavy atom. The van der Waals surface area contributed by atoms with E-state index in [1.165, 1.54) is 12.8 Å². The van der Waals surface area contributed by atoms with Crippen LogP contribution in [0.3, 0.4) is 0 Å². The molecule has 1 unspecified atom stereocenters. The molecular formula is C19H30N4O3. The van der Waals surface area contributed by atoms with Crippen LogP contribution in [0.15, 0.2) is 12.7 Å². The molecule has 2 aliphatic heterocycles. The molecule has 7 heteroatoms. The van der Waals surface area contributed by atoms with Gasteiger partial charge in [-0.05, 0) is 12.8 Å². The lowest BCUT2D eigenvalue weighted by molar-refractivity contribution is -0.137. The Kier molecular flexibility index (Phi) is 6.29. The number of rotatable bonds is 6. The van der Waals surface area contributed by atoms with Gasteiger partial charge in [-0.15, -0.1) is 6.58 Å². The zero-order chi connectivity index (χ0) is 18.5. The Bertz CT molecular complexity index is 551. The number of amides is 3. The Balaban J connectivity index is 1.44. The fourth-order valence-electron chi connectivity index (χ4n) is 4.30. The van der Waals surface area contributed by atoms with Crippen molar-refractivity contribution in [2.24, 2.45) is 5.92 Å². The summed E-state index contributed by atoms with van der Waals surface area (Å²) in [6.45, 7) is 7.65. The molecule has 3 aliphatic rings. The summed E-state index contributed by atoms with van der Waals surface area (Å²) in [7, 11) is 0. The van der Waals surface area contributed by atoms with Gasteiger partial charge in [0.2, 0.25) is 17.7 Å².